The number of hydrogen-bond acceptors (Lipinski definition) is 5. The number of fused-ring (bicyclic) bond motifs is 1. The van der Waals surface area contributed by atoms with E-state index in [-0.39, 0.29) is 17.7 Å². The molecule has 2 fully saturated rings. The Kier molecular flexibility index (Phi) is 6.11. The van der Waals surface area contributed by atoms with Crippen molar-refractivity contribution in [3.8, 4) is 17.2 Å². The van der Waals surface area contributed by atoms with Crippen LogP contribution in [0, 0.1) is 23.5 Å². The van der Waals surface area contributed by atoms with Gasteiger partial charge in [-0.15, -0.1) is 0 Å². The van der Waals surface area contributed by atoms with Crippen molar-refractivity contribution in [1.29, 1.82) is 0 Å². The van der Waals surface area contributed by atoms with Crippen LogP contribution in [0.1, 0.15) is 18.4 Å². The molecule has 1 aliphatic carbocycles. The molecule has 30 heavy (non-hydrogen) atoms. The summed E-state index contributed by atoms with van der Waals surface area (Å²) in [6.45, 7) is 2.09. The van der Waals surface area contributed by atoms with Crippen molar-refractivity contribution in [1.82, 2.24) is 4.90 Å². The van der Waals surface area contributed by atoms with Crippen LogP contribution in [0.15, 0.2) is 36.4 Å². The van der Waals surface area contributed by atoms with E-state index in [4.69, 9.17) is 14.2 Å². The minimum Gasteiger partial charge on any atom is -0.493 e. The van der Waals surface area contributed by atoms with Crippen LogP contribution in [-0.4, -0.2) is 49.5 Å². The predicted molar refractivity (Wildman–Crippen MR) is 108 cm³/mol. The van der Waals surface area contributed by atoms with Gasteiger partial charge in [-0.1, -0.05) is 0 Å². The minimum absolute atomic E-state index is 0.319. The van der Waals surface area contributed by atoms with Crippen LogP contribution in [0.4, 0.5) is 8.78 Å². The SMILES string of the molecule is COc1cc(F)c(CN2C[C@H]3C[C@@H](Oc4ccc(F)cc4)[C@H](O)C[C@H]3C2)cc1OC. The second kappa shape index (κ2) is 8.78. The lowest BCUT2D eigenvalue weighted by Gasteiger charge is -2.35. The van der Waals surface area contributed by atoms with Crippen molar-refractivity contribution in [2.24, 2.45) is 11.8 Å². The van der Waals surface area contributed by atoms with Gasteiger partial charge in [0.1, 0.15) is 23.5 Å². The lowest BCUT2D eigenvalue weighted by atomic mass is 9.78. The fraction of sp³-hybridized carbons (Fsp3) is 0.478. The molecule has 4 atom stereocenters. The lowest BCUT2D eigenvalue weighted by molar-refractivity contribution is -0.0231. The van der Waals surface area contributed by atoms with Gasteiger partial charge >= 0.3 is 0 Å². The van der Waals surface area contributed by atoms with Crippen LogP contribution in [0.25, 0.3) is 0 Å². The first-order valence-electron chi connectivity index (χ1n) is 10.2. The van der Waals surface area contributed by atoms with Gasteiger partial charge in [-0.05, 0) is 55.0 Å². The normalized spacial score (nSPS) is 26.3. The van der Waals surface area contributed by atoms with Crippen molar-refractivity contribution in [2.75, 3.05) is 27.3 Å². The molecule has 1 saturated carbocycles. The molecule has 162 valence electrons. The van der Waals surface area contributed by atoms with E-state index in [1.165, 1.54) is 32.4 Å². The van der Waals surface area contributed by atoms with Crippen molar-refractivity contribution >= 4 is 0 Å². The zero-order valence-corrected chi connectivity index (χ0v) is 17.2. The Balaban J connectivity index is 1.41. The van der Waals surface area contributed by atoms with E-state index < -0.39 is 6.10 Å². The van der Waals surface area contributed by atoms with Crippen LogP contribution in [0.3, 0.4) is 0 Å². The van der Waals surface area contributed by atoms with Gasteiger partial charge in [0.25, 0.3) is 0 Å². The maximum Gasteiger partial charge on any atom is 0.163 e. The average molecular weight is 419 g/mol. The highest BCUT2D eigenvalue weighted by Gasteiger charge is 2.42. The Morgan fingerprint density at radius 2 is 1.60 bits per heavy atom. The Morgan fingerprint density at radius 3 is 2.27 bits per heavy atom. The second-order valence-electron chi connectivity index (χ2n) is 8.16. The standard InChI is InChI=1S/C23H27F2NO4/c1-28-22-9-16(19(25)10-23(22)29-2)13-26-11-14-7-20(27)21(8-15(14)12-26)30-18-5-3-17(24)4-6-18/h3-6,9-10,14-15,20-21,27H,7-8,11-13H2,1-2H3/t14-,15+,20+,21+/m0/s1. The minimum atomic E-state index is -0.575. The third-order valence-corrected chi connectivity index (χ3v) is 6.21. The Morgan fingerprint density at radius 1 is 0.967 bits per heavy atom. The van der Waals surface area contributed by atoms with Crippen molar-refractivity contribution in [3.63, 3.8) is 0 Å². The predicted octanol–water partition coefficient (Wildman–Crippen LogP) is 3.63. The number of halogens is 2. The summed E-state index contributed by atoms with van der Waals surface area (Å²) in [4.78, 5) is 2.21. The third-order valence-electron chi connectivity index (χ3n) is 6.21. The van der Waals surface area contributed by atoms with Gasteiger partial charge in [-0.25, -0.2) is 8.78 Å². The molecule has 0 bridgehead atoms. The van der Waals surface area contributed by atoms with Gasteiger partial charge in [-0.2, -0.15) is 0 Å². The lowest BCUT2D eigenvalue weighted by Crippen LogP contribution is -2.42. The molecule has 0 amide bonds. The summed E-state index contributed by atoms with van der Waals surface area (Å²) < 4.78 is 44.0. The molecule has 2 aromatic carbocycles. The summed E-state index contributed by atoms with van der Waals surface area (Å²) in [5.74, 6) is 1.51. The molecule has 1 heterocycles. The number of benzene rings is 2. The van der Waals surface area contributed by atoms with Crippen molar-refractivity contribution in [3.05, 3.63) is 53.6 Å². The first-order chi connectivity index (χ1) is 14.5. The molecule has 0 aromatic heterocycles. The van der Waals surface area contributed by atoms with Crippen LogP contribution in [0.5, 0.6) is 17.2 Å². The number of aliphatic hydroxyl groups excluding tert-OH is 1. The molecule has 0 spiro atoms. The molecule has 2 aliphatic rings. The van der Waals surface area contributed by atoms with Crippen LogP contribution in [0.2, 0.25) is 0 Å². The summed E-state index contributed by atoms with van der Waals surface area (Å²) in [6.07, 6.45) is 0.457. The molecule has 5 nitrogen and oxygen atoms in total. The van der Waals surface area contributed by atoms with Gasteiger partial charge in [0, 0.05) is 31.3 Å². The fourth-order valence-electron chi connectivity index (χ4n) is 4.69. The van der Waals surface area contributed by atoms with Crippen molar-refractivity contribution in [2.45, 2.75) is 31.6 Å². The largest absolute Gasteiger partial charge is 0.493 e. The number of rotatable bonds is 6. The van der Waals surface area contributed by atoms with Gasteiger partial charge in [0.15, 0.2) is 11.5 Å². The maximum absolute atomic E-state index is 14.5. The monoisotopic (exact) mass is 419 g/mol. The van der Waals surface area contributed by atoms with Gasteiger partial charge in [-0.3, -0.25) is 4.90 Å². The quantitative estimate of drug-likeness (QED) is 0.775. The van der Waals surface area contributed by atoms with E-state index in [0.717, 1.165) is 13.1 Å². The maximum atomic E-state index is 14.5. The van der Waals surface area contributed by atoms with E-state index in [0.29, 0.717) is 54.0 Å². The third kappa shape index (κ3) is 4.37. The first kappa shape index (κ1) is 20.9. The molecular formula is C23H27F2NO4. The smallest absolute Gasteiger partial charge is 0.163 e. The van der Waals surface area contributed by atoms with E-state index in [1.54, 1.807) is 18.2 Å². The average Bonchev–Trinajstić information content (AvgIpc) is 3.12. The number of likely N-dealkylation sites (tertiary alicyclic amines) is 1. The second-order valence-corrected chi connectivity index (χ2v) is 8.16. The highest BCUT2D eigenvalue weighted by Crippen LogP contribution is 2.39. The zero-order chi connectivity index (χ0) is 21.3. The Hall–Kier alpha value is -2.38. The molecular weight excluding hydrogens is 392 g/mol. The first-order valence-corrected chi connectivity index (χ1v) is 10.2. The summed E-state index contributed by atoms with van der Waals surface area (Å²) in [5.41, 5.74) is 0.561. The molecule has 2 aromatic rings. The zero-order valence-electron chi connectivity index (χ0n) is 17.2. The Bertz CT molecular complexity index is 876. The van der Waals surface area contributed by atoms with Crippen molar-refractivity contribution < 1.29 is 28.1 Å². The van der Waals surface area contributed by atoms with E-state index in [1.807, 2.05) is 0 Å². The summed E-state index contributed by atoms with van der Waals surface area (Å²) >= 11 is 0. The molecule has 4 rings (SSSR count). The summed E-state index contributed by atoms with van der Waals surface area (Å²) in [7, 11) is 3.02. The number of aliphatic hydroxyl groups is 1. The van der Waals surface area contributed by atoms with E-state index >= 15 is 0 Å². The van der Waals surface area contributed by atoms with Gasteiger partial charge in [0.05, 0.1) is 20.3 Å². The highest BCUT2D eigenvalue weighted by molar-refractivity contribution is 5.43. The fourth-order valence-corrected chi connectivity index (χ4v) is 4.69. The number of hydrogen-bond donors (Lipinski definition) is 1. The molecule has 1 aliphatic heterocycles. The highest BCUT2D eigenvalue weighted by atomic mass is 19.1. The van der Waals surface area contributed by atoms with Crippen LogP contribution >= 0.6 is 0 Å². The van der Waals surface area contributed by atoms with E-state index in [9.17, 15) is 13.9 Å². The molecule has 1 N–H and O–H groups in total. The topological polar surface area (TPSA) is 51.2 Å². The Labute approximate surface area is 175 Å². The number of ether oxygens (including phenoxy) is 3. The van der Waals surface area contributed by atoms with Crippen LogP contribution in [-0.2, 0) is 6.54 Å². The molecule has 1 saturated heterocycles. The number of methoxy groups -OCH3 is 2. The summed E-state index contributed by atoms with van der Waals surface area (Å²) in [5, 5.41) is 10.6. The van der Waals surface area contributed by atoms with Crippen LogP contribution < -0.4 is 14.2 Å². The van der Waals surface area contributed by atoms with Gasteiger partial charge in [0.2, 0.25) is 0 Å². The molecule has 7 heteroatoms. The number of nitrogens with zero attached hydrogens (tertiary/aromatic N) is 1. The molecule has 0 unspecified atom stereocenters. The van der Waals surface area contributed by atoms with E-state index in [2.05, 4.69) is 4.90 Å². The summed E-state index contributed by atoms with van der Waals surface area (Å²) in [6, 6.07) is 8.90. The molecule has 0 radical (unpaired) electrons. The van der Waals surface area contributed by atoms with Gasteiger partial charge < -0.3 is 19.3 Å².